The predicted molar refractivity (Wildman–Crippen MR) is 107 cm³/mol. The number of carbonyl (C=O) groups is 2. The summed E-state index contributed by atoms with van der Waals surface area (Å²) < 4.78 is 2.11. The summed E-state index contributed by atoms with van der Waals surface area (Å²) in [4.78, 5) is 26.0. The molecule has 2 heterocycles. The molecule has 3 aromatic rings. The minimum absolute atomic E-state index is 0.0380. The second-order valence-electron chi connectivity index (χ2n) is 7.49. The highest BCUT2D eigenvalue weighted by Gasteiger charge is 2.30. The Balaban J connectivity index is 1.59. The number of carboxylic acid groups (broad SMARTS) is 1. The highest BCUT2D eigenvalue weighted by Crippen LogP contribution is 2.32. The smallest absolute Gasteiger partial charge is 0.307 e. The van der Waals surface area contributed by atoms with Gasteiger partial charge in [-0.3, -0.25) is 9.59 Å². The second-order valence-corrected chi connectivity index (χ2v) is 7.49. The number of pyridine rings is 1. The molecule has 0 fully saturated rings. The Morgan fingerprint density at radius 2 is 1.86 bits per heavy atom. The molecule has 0 bridgehead atoms. The number of nitrogens with zero attached hydrogens (tertiary/aromatic N) is 2. The van der Waals surface area contributed by atoms with Crippen LogP contribution in [0, 0.1) is 0 Å². The summed E-state index contributed by atoms with van der Waals surface area (Å²) in [5, 5.41) is 9.34. The third-order valence-corrected chi connectivity index (χ3v) is 5.80. The largest absolute Gasteiger partial charge is 0.481 e. The van der Waals surface area contributed by atoms with Gasteiger partial charge in [0.2, 0.25) is 5.91 Å². The van der Waals surface area contributed by atoms with Gasteiger partial charge in [-0.1, -0.05) is 36.4 Å². The molecular formula is C23H24N2O3. The predicted octanol–water partition coefficient (Wildman–Crippen LogP) is 3.12. The van der Waals surface area contributed by atoms with E-state index in [1.807, 2.05) is 66.7 Å². The van der Waals surface area contributed by atoms with Crippen LogP contribution in [0.4, 0.5) is 0 Å². The van der Waals surface area contributed by atoms with Gasteiger partial charge < -0.3 is 14.4 Å². The number of hydrogen-bond donors (Lipinski definition) is 1. The molecule has 4 rings (SSSR count). The molecule has 1 N–H and O–H groups in total. The van der Waals surface area contributed by atoms with Crippen molar-refractivity contribution in [2.75, 3.05) is 7.05 Å². The summed E-state index contributed by atoms with van der Waals surface area (Å²) in [6, 6.07) is 15.8. The maximum absolute atomic E-state index is 12.8. The molecule has 144 valence electrons. The standard InChI is InChI=1S/C23H24N2O3/c1-24(22(26)13-16-7-3-2-4-8-16)17-10-11-18-19(15-23(27)28)20-9-5-6-12-25(20)21(18)14-17/h2-9,12,17H,10-11,13-15H2,1H3,(H,27,28)/t17-/m1/s1. The molecule has 0 radical (unpaired) electrons. The summed E-state index contributed by atoms with van der Waals surface area (Å²) in [7, 11) is 1.88. The van der Waals surface area contributed by atoms with Crippen LogP contribution >= 0.6 is 0 Å². The van der Waals surface area contributed by atoms with E-state index in [-0.39, 0.29) is 18.4 Å². The Morgan fingerprint density at radius 3 is 2.61 bits per heavy atom. The molecule has 1 aromatic carbocycles. The highest BCUT2D eigenvalue weighted by molar-refractivity contribution is 5.79. The first-order valence-corrected chi connectivity index (χ1v) is 9.65. The number of carbonyl (C=O) groups excluding carboxylic acids is 1. The summed E-state index contributed by atoms with van der Waals surface area (Å²) in [5.74, 6) is -0.692. The van der Waals surface area contributed by atoms with E-state index in [4.69, 9.17) is 0 Å². The molecule has 5 nitrogen and oxygen atoms in total. The Bertz CT molecular complexity index is 1020. The normalized spacial score (nSPS) is 16.0. The van der Waals surface area contributed by atoms with Crippen molar-refractivity contribution >= 4 is 17.4 Å². The van der Waals surface area contributed by atoms with Crippen LogP contribution in [0.1, 0.15) is 28.8 Å². The van der Waals surface area contributed by atoms with Crippen molar-refractivity contribution in [3.8, 4) is 0 Å². The fourth-order valence-electron chi connectivity index (χ4n) is 4.33. The molecule has 0 unspecified atom stereocenters. The van der Waals surface area contributed by atoms with Crippen LogP contribution in [0.5, 0.6) is 0 Å². The van der Waals surface area contributed by atoms with Gasteiger partial charge in [0.1, 0.15) is 0 Å². The highest BCUT2D eigenvalue weighted by atomic mass is 16.4. The van der Waals surface area contributed by atoms with Gasteiger partial charge in [-0.2, -0.15) is 0 Å². The van der Waals surface area contributed by atoms with Crippen molar-refractivity contribution < 1.29 is 14.7 Å². The zero-order valence-electron chi connectivity index (χ0n) is 16.0. The Hall–Kier alpha value is -3.08. The van der Waals surface area contributed by atoms with Crippen LogP contribution in [0.3, 0.4) is 0 Å². The summed E-state index contributed by atoms with van der Waals surface area (Å²) >= 11 is 0. The Labute approximate surface area is 164 Å². The maximum Gasteiger partial charge on any atom is 0.307 e. The minimum Gasteiger partial charge on any atom is -0.481 e. The lowest BCUT2D eigenvalue weighted by Gasteiger charge is -2.32. The number of hydrogen-bond acceptors (Lipinski definition) is 2. The molecular weight excluding hydrogens is 352 g/mol. The molecule has 0 spiro atoms. The van der Waals surface area contributed by atoms with E-state index in [2.05, 4.69) is 4.40 Å². The molecule has 0 saturated carbocycles. The van der Waals surface area contributed by atoms with Gasteiger partial charge in [-0.05, 0) is 41.7 Å². The van der Waals surface area contributed by atoms with Gasteiger partial charge in [0.15, 0.2) is 0 Å². The van der Waals surface area contributed by atoms with Gasteiger partial charge in [-0.15, -0.1) is 0 Å². The molecule has 1 amide bonds. The van der Waals surface area contributed by atoms with Gasteiger partial charge in [-0.25, -0.2) is 0 Å². The van der Waals surface area contributed by atoms with Gasteiger partial charge >= 0.3 is 5.97 Å². The summed E-state index contributed by atoms with van der Waals surface area (Å²) in [6.07, 6.45) is 4.84. The first kappa shape index (κ1) is 18.3. The molecule has 1 aliphatic rings. The van der Waals surface area contributed by atoms with E-state index in [9.17, 15) is 14.7 Å². The lowest BCUT2D eigenvalue weighted by Crippen LogP contribution is -2.41. The topological polar surface area (TPSA) is 62.0 Å². The van der Waals surface area contributed by atoms with E-state index in [1.165, 1.54) is 0 Å². The number of likely N-dealkylation sites (N-methyl/N-ethyl adjacent to an activating group) is 1. The molecule has 28 heavy (non-hydrogen) atoms. The van der Waals surface area contributed by atoms with Gasteiger partial charge in [0.25, 0.3) is 0 Å². The molecule has 2 aromatic heterocycles. The van der Waals surface area contributed by atoms with Gasteiger partial charge in [0, 0.05) is 36.9 Å². The number of fused-ring (bicyclic) bond motifs is 3. The summed E-state index contributed by atoms with van der Waals surface area (Å²) in [6.45, 7) is 0. The number of aromatic nitrogens is 1. The van der Waals surface area contributed by atoms with Crippen molar-refractivity contribution in [3.05, 3.63) is 77.1 Å². The van der Waals surface area contributed by atoms with E-state index in [0.717, 1.165) is 47.2 Å². The number of benzene rings is 1. The Morgan fingerprint density at radius 1 is 1.11 bits per heavy atom. The van der Waals surface area contributed by atoms with Gasteiger partial charge in [0.05, 0.1) is 12.8 Å². The number of carboxylic acids is 1. The molecule has 1 atom stereocenters. The van der Waals surface area contributed by atoms with Crippen LogP contribution in [-0.2, 0) is 35.3 Å². The first-order valence-electron chi connectivity index (χ1n) is 9.65. The lowest BCUT2D eigenvalue weighted by molar-refractivity contribution is -0.136. The van der Waals surface area contributed by atoms with E-state index in [0.29, 0.717) is 6.42 Å². The average molecular weight is 376 g/mol. The number of amides is 1. The molecule has 0 saturated heterocycles. The van der Waals surface area contributed by atoms with Crippen molar-refractivity contribution in [3.63, 3.8) is 0 Å². The SMILES string of the molecule is CN(C(=O)Cc1ccccc1)[C@@H]1CCc2c(CC(=O)O)c3ccccn3c2C1. The molecule has 1 aliphatic carbocycles. The molecule has 0 aliphatic heterocycles. The fourth-order valence-corrected chi connectivity index (χ4v) is 4.33. The van der Waals surface area contributed by atoms with Crippen LogP contribution < -0.4 is 0 Å². The number of aliphatic carboxylic acids is 1. The Kier molecular flexibility index (Phi) is 4.90. The lowest BCUT2D eigenvalue weighted by atomic mass is 9.89. The van der Waals surface area contributed by atoms with Crippen molar-refractivity contribution in [2.45, 2.75) is 38.1 Å². The van der Waals surface area contributed by atoms with Crippen molar-refractivity contribution in [1.29, 1.82) is 0 Å². The maximum atomic E-state index is 12.8. The van der Waals surface area contributed by atoms with E-state index >= 15 is 0 Å². The van der Waals surface area contributed by atoms with Crippen LogP contribution in [0.15, 0.2) is 54.7 Å². The first-order chi connectivity index (χ1) is 13.5. The average Bonchev–Trinajstić information content (AvgIpc) is 3.01. The fraction of sp³-hybridized carbons (Fsp3) is 0.304. The number of rotatable bonds is 5. The third kappa shape index (κ3) is 3.40. The summed E-state index contributed by atoms with van der Waals surface area (Å²) in [5.41, 5.74) is 5.19. The second kappa shape index (κ2) is 7.50. The van der Waals surface area contributed by atoms with Crippen molar-refractivity contribution in [2.24, 2.45) is 0 Å². The van der Waals surface area contributed by atoms with E-state index in [1.54, 1.807) is 0 Å². The van der Waals surface area contributed by atoms with Crippen LogP contribution in [0.25, 0.3) is 5.52 Å². The zero-order chi connectivity index (χ0) is 19.7. The van der Waals surface area contributed by atoms with Crippen LogP contribution in [-0.4, -0.2) is 39.4 Å². The van der Waals surface area contributed by atoms with Crippen molar-refractivity contribution in [1.82, 2.24) is 9.30 Å². The zero-order valence-corrected chi connectivity index (χ0v) is 16.0. The monoisotopic (exact) mass is 376 g/mol. The van der Waals surface area contributed by atoms with Crippen LogP contribution in [0.2, 0.25) is 0 Å². The van der Waals surface area contributed by atoms with E-state index < -0.39 is 5.97 Å². The third-order valence-electron chi connectivity index (χ3n) is 5.80. The molecule has 5 heteroatoms. The quantitative estimate of drug-likeness (QED) is 0.744. The minimum atomic E-state index is -0.809.